The van der Waals surface area contributed by atoms with Crippen LogP contribution in [0.4, 0.5) is 5.69 Å². The Morgan fingerprint density at radius 3 is 2.27 bits per heavy atom. The lowest BCUT2D eigenvalue weighted by Crippen LogP contribution is -2.29. The molecular formula is C22H26N2O6. The van der Waals surface area contributed by atoms with E-state index in [1.54, 1.807) is 55.6 Å². The third-order valence-corrected chi connectivity index (χ3v) is 3.90. The first kappa shape index (κ1) is 22.7. The molecule has 0 aromatic heterocycles. The Labute approximate surface area is 175 Å². The molecule has 0 unspecified atom stereocenters. The minimum Gasteiger partial charge on any atom is -0.497 e. The second-order valence-corrected chi connectivity index (χ2v) is 6.82. The first-order valence-corrected chi connectivity index (χ1v) is 9.48. The van der Waals surface area contributed by atoms with Crippen molar-refractivity contribution < 1.29 is 28.6 Å². The number of rotatable bonds is 10. The van der Waals surface area contributed by atoms with Gasteiger partial charge in [-0.15, -0.1) is 0 Å². The van der Waals surface area contributed by atoms with Crippen molar-refractivity contribution >= 4 is 23.5 Å². The lowest BCUT2D eigenvalue weighted by molar-refractivity contribution is -0.149. The van der Waals surface area contributed by atoms with Crippen LogP contribution in [0.5, 0.6) is 11.5 Å². The van der Waals surface area contributed by atoms with E-state index in [2.05, 4.69) is 10.6 Å². The van der Waals surface area contributed by atoms with Crippen molar-refractivity contribution in [3.63, 3.8) is 0 Å². The van der Waals surface area contributed by atoms with Crippen molar-refractivity contribution in [3.05, 3.63) is 54.1 Å². The molecule has 0 saturated carbocycles. The molecule has 0 aliphatic rings. The number of hydrogen-bond donors (Lipinski definition) is 2. The minimum absolute atomic E-state index is 0.288. The Bertz CT molecular complexity index is 864. The van der Waals surface area contributed by atoms with Crippen LogP contribution in [0.3, 0.4) is 0 Å². The van der Waals surface area contributed by atoms with Gasteiger partial charge in [-0.1, -0.05) is 26.0 Å². The zero-order valence-corrected chi connectivity index (χ0v) is 17.3. The van der Waals surface area contributed by atoms with E-state index in [1.165, 1.54) is 0 Å². The third-order valence-electron chi connectivity index (χ3n) is 3.90. The molecule has 0 aliphatic heterocycles. The highest BCUT2D eigenvalue weighted by atomic mass is 16.6. The summed E-state index contributed by atoms with van der Waals surface area (Å²) in [7, 11) is 1.55. The van der Waals surface area contributed by atoms with Gasteiger partial charge in [-0.05, 0) is 42.3 Å². The number of amides is 2. The fraction of sp³-hybridized carbons (Fsp3) is 0.318. The summed E-state index contributed by atoms with van der Waals surface area (Å²) < 4.78 is 15.3. The SMILES string of the molecule is COc1ccc(OCC(=O)OCC(=O)Nc2ccccc2C(=O)NCC(C)C)cc1. The number of benzene rings is 2. The van der Waals surface area contributed by atoms with Crippen LogP contribution in [0.15, 0.2) is 48.5 Å². The van der Waals surface area contributed by atoms with Gasteiger partial charge in [0.1, 0.15) is 11.5 Å². The van der Waals surface area contributed by atoms with E-state index in [0.717, 1.165) is 0 Å². The summed E-state index contributed by atoms with van der Waals surface area (Å²) in [5.41, 5.74) is 0.676. The summed E-state index contributed by atoms with van der Waals surface area (Å²) in [6, 6.07) is 13.3. The van der Waals surface area contributed by atoms with Crippen molar-refractivity contribution in [1.82, 2.24) is 5.32 Å². The Kier molecular flexibility index (Phi) is 8.68. The average molecular weight is 414 g/mol. The summed E-state index contributed by atoms with van der Waals surface area (Å²) in [4.78, 5) is 36.2. The van der Waals surface area contributed by atoms with Gasteiger partial charge < -0.3 is 24.8 Å². The molecule has 8 heteroatoms. The maximum atomic E-state index is 12.3. The molecule has 2 amide bonds. The third kappa shape index (κ3) is 7.46. The van der Waals surface area contributed by atoms with Gasteiger partial charge in [-0.25, -0.2) is 4.79 Å². The molecule has 160 valence electrons. The van der Waals surface area contributed by atoms with Gasteiger partial charge in [-0.2, -0.15) is 0 Å². The second kappa shape index (κ2) is 11.5. The van der Waals surface area contributed by atoms with E-state index in [9.17, 15) is 14.4 Å². The van der Waals surface area contributed by atoms with E-state index < -0.39 is 18.5 Å². The quantitative estimate of drug-likeness (QED) is 0.580. The largest absolute Gasteiger partial charge is 0.497 e. The number of para-hydroxylation sites is 1. The van der Waals surface area contributed by atoms with Crippen LogP contribution in [0.2, 0.25) is 0 Å². The molecule has 0 radical (unpaired) electrons. The predicted molar refractivity (Wildman–Crippen MR) is 112 cm³/mol. The standard InChI is InChI=1S/C22H26N2O6/c1-15(2)12-23-22(27)18-6-4-5-7-19(18)24-20(25)13-30-21(26)14-29-17-10-8-16(28-3)9-11-17/h4-11,15H,12-14H2,1-3H3,(H,23,27)(H,24,25). The van der Waals surface area contributed by atoms with Crippen LogP contribution in [0.1, 0.15) is 24.2 Å². The van der Waals surface area contributed by atoms with Crippen molar-refractivity contribution in [3.8, 4) is 11.5 Å². The lowest BCUT2D eigenvalue weighted by Gasteiger charge is -2.13. The van der Waals surface area contributed by atoms with Crippen molar-refractivity contribution in [2.75, 3.05) is 32.2 Å². The molecular weight excluding hydrogens is 388 g/mol. The number of anilines is 1. The number of hydrogen-bond acceptors (Lipinski definition) is 6. The first-order valence-electron chi connectivity index (χ1n) is 9.48. The van der Waals surface area contributed by atoms with Gasteiger partial charge in [0.05, 0.1) is 18.4 Å². The zero-order valence-electron chi connectivity index (χ0n) is 17.3. The lowest BCUT2D eigenvalue weighted by atomic mass is 10.1. The summed E-state index contributed by atoms with van der Waals surface area (Å²) in [6.45, 7) is 3.66. The molecule has 0 heterocycles. The van der Waals surface area contributed by atoms with Crippen LogP contribution in [0, 0.1) is 5.92 Å². The van der Waals surface area contributed by atoms with Gasteiger partial charge in [0.15, 0.2) is 13.2 Å². The number of esters is 1. The summed E-state index contributed by atoms with van der Waals surface area (Å²) in [6.07, 6.45) is 0. The summed E-state index contributed by atoms with van der Waals surface area (Å²) in [5, 5.41) is 5.39. The number of ether oxygens (including phenoxy) is 3. The van der Waals surface area contributed by atoms with Crippen molar-refractivity contribution in [1.29, 1.82) is 0 Å². The molecule has 0 spiro atoms. The Morgan fingerprint density at radius 1 is 0.933 bits per heavy atom. The van der Waals surface area contributed by atoms with Gasteiger partial charge in [-0.3, -0.25) is 9.59 Å². The fourth-order valence-electron chi connectivity index (χ4n) is 2.37. The Balaban J connectivity index is 1.81. The van der Waals surface area contributed by atoms with Crippen LogP contribution in [-0.4, -0.2) is 44.7 Å². The van der Waals surface area contributed by atoms with Crippen molar-refractivity contribution in [2.45, 2.75) is 13.8 Å². The molecule has 30 heavy (non-hydrogen) atoms. The Morgan fingerprint density at radius 2 is 1.60 bits per heavy atom. The molecule has 0 saturated heterocycles. The van der Waals surface area contributed by atoms with Crippen LogP contribution in [-0.2, 0) is 14.3 Å². The molecule has 8 nitrogen and oxygen atoms in total. The fourth-order valence-corrected chi connectivity index (χ4v) is 2.37. The molecule has 2 N–H and O–H groups in total. The van der Waals surface area contributed by atoms with Crippen LogP contribution in [0.25, 0.3) is 0 Å². The zero-order chi connectivity index (χ0) is 21.9. The summed E-state index contributed by atoms with van der Waals surface area (Å²) in [5.74, 6) is -0.0983. The average Bonchev–Trinajstić information content (AvgIpc) is 2.75. The maximum absolute atomic E-state index is 12.3. The topological polar surface area (TPSA) is 103 Å². The Hall–Kier alpha value is -3.55. The molecule has 2 aromatic rings. The number of nitrogens with one attached hydrogen (secondary N) is 2. The van der Waals surface area contributed by atoms with Gasteiger partial charge in [0.2, 0.25) is 0 Å². The van der Waals surface area contributed by atoms with Gasteiger partial charge in [0.25, 0.3) is 11.8 Å². The highest BCUT2D eigenvalue weighted by Crippen LogP contribution is 2.17. The normalized spacial score (nSPS) is 10.3. The maximum Gasteiger partial charge on any atom is 0.344 e. The molecule has 0 aliphatic carbocycles. The minimum atomic E-state index is -0.691. The monoisotopic (exact) mass is 414 g/mol. The number of carbonyl (C=O) groups excluding carboxylic acids is 3. The van der Waals surface area contributed by atoms with Gasteiger partial charge >= 0.3 is 5.97 Å². The van der Waals surface area contributed by atoms with E-state index in [0.29, 0.717) is 35.2 Å². The van der Waals surface area contributed by atoms with Crippen molar-refractivity contribution in [2.24, 2.45) is 5.92 Å². The van der Waals surface area contributed by atoms with E-state index in [1.807, 2.05) is 13.8 Å². The molecule has 0 fully saturated rings. The summed E-state index contributed by atoms with van der Waals surface area (Å²) >= 11 is 0. The van der Waals surface area contributed by atoms with E-state index in [-0.39, 0.29) is 12.5 Å². The molecule has 2 rings (SSSR count). The molecule has 2 aromatic carbocycles. The number of carbonyl (C=O) groups is 3. The highest BCUT2D eigenvalue weighted by Gasteiger charge is 2.14. The smallest absolute Gasteiger partial charge is 0.344 e. The number of methoxy groups -OCH3 is 1. The van der Waals surface area contributed by atoms with Crippen LogP contribution < -0.4 is 20.1 Å². The first-order chi connectivity index (χ1) is 14.4. The van der Waals surface area contributed by atoms with Crippen LogP contribution >= 0.6 is 0 Å². The predicted octanol–water partition coefficient (Wildman–Crippen LogP) is 2.64. The van der Waals surface area contributed by atoms with E-state index >= 15 is 0 Å². The van der Waals surface area contributed by atoms with E-state index in [4.69, 9.17) is 14.2 Å². The second-order valence-electron chi connectivity index (χ2n) is 6.82. The highest BCUT2D eigenvalue weighted by molar-refractivity contribution is 6.04. The van der Waals surface area contributed by atoms with Gasteiger partial charge in [0, 0.05) is 6.54 Å². The molecule has 0 atom stereocenters. The molecule has 0 bridgehead atoms.